The summed E-state index contributed by atoms with van der Waals surface area (Å²) in [6, 6.07) is 30.0. The molecule has 3 atom stereocenters. The normalized spacial score (nSPS) is 28.0. The summed E-state index contributed by atoms with van der Waals surface area (Å²) in [5.41, 5.74) is -0.540. The van der Waals surface area contributed by atoms with Gasteiger partial charge in [-0.15, -0.1) is 0 Å². The molecule has 0 bridgehead atoms. The van der Waals surface area contributed by atoms with Gasteiger partial charge in [0.2, 0.25) is 0 Å². The molecule has 0 spiro atoms. The Morgan fingerprint density at radius 2 is 0.729 bits per heavy atom. The number of benzene rings is 3. The van der Waals surface area contributed by atoms with Crippen LogP contribution in [0, 0.1) is 0 Å². The van der Waals surface area contributed by atoms with Crippen LogP contribution in [0.25, 0.3) is 0 Å². The monoisotopic (exact) mass is 710 g/mol. The number of rotatable bonds is 5. The molecule has 3 unspecified atom stereocenters. The third-order valence-electron chi connectivity index (χ3n) is 10.2. The highest BCUT2D eigenvalue weighted by atomic mass is 32.8. The van der Waals surface area contributed by atoms with Crippen molar-refractivity contribution in [2.45, 2.75) is 95.9 Å². The molecular formula is C33H46B4O8S3. The maximum absolute atomic E-state index is 9.17. The van der Waals surface area contributed by atoms with Gasteiger partial charge in [0.15, 0.2) is 0 Å². The second kappa shape index (κ2) is 15.3. The molecule has 48 heavy (non-hydrogen) atoms. The first-order valence-electron chi connectivity index (χ1n) is 15.7. The third kappa shape index (κ3) is 7.52. The van der Waals surface area contributed by atoms with Gasteiger partial charge in [0.25, 0.3) is 0 Å². The average Bonchev–Trinajstić information content (AvgIpc) is 3.57. The zero-order valence-electron chi connectivity index (χ0n) is 29.1. The van der Waals surface area contributed by atoms with E-state index in [0.29, 0.717) is 0 Å². The van der Waals surface area contributed by atoms with Gasteiger partial charge in [-0.2, -0.15) is 13.5 Å². The summed E-state index contributed by atoms with van der Waals surface area (Å²) in [4.78, 5) is 0. The Balaban J connectivity index is 0.000000269. The standard InChI is InChI=1S/C22H28B2O4.C11H16B2O4.S2.H2S/c1-19(2)21(5,17-13-9-7-10-14-17)27-23(25-19)24-26-20(3,4)22(6,28-24)18-15-11-8-12-16-18;1-10(2)11(3,9-7-5-4-6-8-9)17-13(16-10)12(14)15;1-2;/h7-16H,1-6H3;4-8,14-15H,1-3H3;;1H2. The van der Waals surface area contributed by atoms with E-state index in [0.717, 1.165) is 16.7 Å². The molecule has 6 rings (SSSR count). The van der Waals surface area contributed by atoms with E-state index in [1.165, 1.54) is 0 Å². The Bertz CT molecular complexity index is 1410. The van der Waals surface area contributed by atoms with Gasteiger partial charge in [-0.1, -0.05) is 91.0 Å². The van der Waals surface area contributed by atoms with E-state index in [1.54, 1.807) is 0 Å². The van der Waals surface area contributed by atoms with Gasteiger partial charge in [0.1, 0.15) is 16.8 Å². The molecule has 3 aliphatic heterocycles. The highest BCUT2D eigenvalue weighted by Crippen LogP contribution is 2.50. The second-order valence-corrected chi connectivity index (χ2v) is 14.0. The van der Waals surface area contributed by atoms with Crippen molar-refractivity contribution in [1.29, 1.82) is 0 Å². The lowest BCUT2D eigenvalue weighted by Gasteiger charge is -2.37. The van der Waals surface area contributed by atoms with Gasteiger partial charge in [-0.3, -0.25) is 0 Å². The molecular weight excluding hydrogens is 664 g/mol. The molecule has 0 radical (unpaired) electrons. The minimum absolute atomic E-state index is 0. The number of hydrogen-bond acceptors (Lipinski definition) is 10. The molecule has 256 valence electrons. The smallest absolute Gasteiger partial charge is 0.429 e. The molecule has 0 saturated carbocycles. The van der Waals surface area contributed by atoms with E-state index in [2.05, 4.69) is 88.2 Å². The summed E-state index contributed by atoms with van der Waals surface area (Å²) in [7, 11) is -3.90. The molecule has 3 aliphatic rings. The summed E-state index contributed by atoms with van der Waals surface area (Å²) >= 11 is 7.33. The van der Waals surface area contributed by atoms with Gasteiger partial charge in [0, 0.05) is 22.4 Å². The summed E-state index contributed by atoms with van der Waals surface area (Å²) < 4.78 is 36.9. The van der Waals surface area contributed by atoms with Crippen molar-refractivity contribution in [3.63, 3.8) is 0 Å². The predicted molar refractivity (Wildman–Crippen MR) is 203 cm³/mol. The Labute approximate surface area is 304 Å². The molecule has 8 nitrogen and oxygen atoms in total. The van der Waals surface area contributed by atoms with E-state index >= 15 is 0 Å². The first kappa shape index (κ1) is 40.8. The van der Waals surface area contributed by atoms with Crippen LogP contribution in [-0.4, -0.2) is 54.9 Å². The fourth-order valence-electron chi connectivity index (χ4n) is 6.26. The van der Waals surface area contributed by atoms with Crippen LogP contribution in [0.1, 0.15) is 79.0 Å². The lowest BCUT2D eigenvalue weighted by molar-refractivity contribution is -0.0133. The van der Waals surface area contributed by atoms with Crippen LogP contribution in [0.15, 0.2) is 91.0 Å². The van der Waals surface area contributed by atoms with Crippen LogP contribution in [0.3, 0.4) is 0 Å². The van der Waals surface area contributed by atoms with Crippen LogP contribution in [0.2, 0.25) is 0 Å². The Morgan fingerprint density at radius 3 is 1.00 bits per heavy atom. The molecule has 3 aromatic carbocycles. The zero-order chi connectivity index (χ0) is 34.9. The predicted octanol–water partition coefficient (Wildman–Crippen LogP) is 5.40. The minimum atomic E-state index is -1.64. The molecule has 3 aromatic rings. The summed E-state index contributed by atoms with van der Waals surface area (Å²) in [5, 5.41) is 18.3. The average molecular weight is 710 g/mol. The Hall–Kier alpha value is -1.61. The van der Waals surface area contributed by atoms with Crippen molar-refractivity contribution in [3.05, 3.63) is 108 Å². The van der Waals surface area contributed by atoms with Crippen molar-refractivity contribution in [1.82, 2.24) is 0 Å². The lowest BCUT2D eigenvalue weighted by Crippen LogP contribution is -2.42. The van der Waals surface area contributed by atoms with Crippen molar-refractivity contribution in [2.24, 2.45) is 0 Å². The van der Waals surface area contributed by atoms with Gasteiger partial charge in [-0.25, -0.2) is 0 Å². The third-order valence-corrected chi connectivity index (χ3v) is 10.2. The van der Waals surface area contributed by atoms with Crippen molar-refractivity contribution in [2.75, 3.05) is 0 Å². The van der Waals surface area contributed by atoms with Crippen molar-refractivity contribution >= 4 is 63.9 Å². The SMILES string of the molecule is CC1(C)OB(B(O)O)OC1(C)c1ccccc1.CC1(C)OB(B2OC(C)(C)C(C)(c3ccccc3)O2)OC1(C)c1ccccc1.S.S=S. The van der Waals surface area contributed by atoms with E-state index in [1.807, 2.05) is 87.5 Å². The topological polar surface area (TPSA) is 95.8 Å². The lowest BCUT2D eigenvalue weighted by atomic mass is 9.49. The Morgan fingerprint density at radius 1 is 0.458 bits per heavy atom. The molecule has 3 saturated heterocycles. The molecule has 0 aromatic heterocycles. The first-order chi connectivity index (χ1) is 22.0. The molecule has 3 fully saturated rings. The van der Waals surface area contributed by atoms with E-state index < -0.39 is 61.6 Å². The number of hydrogen-bond donors (Lipinski definition) is 2. The summed E-state index contributed by atoms with van der Waals surface area (Å²) in [6.45, 7) is 18.0. The molecule has 0 aliphatic carbocycles. The van der Waals surface area contributed by atoms with Crippen LogP contribution in [0.4, 0.5) is 0 Å². The zero-order valence-corrected chi connectivity index (χ0v) is 31.8. The highest BCUT2D eigenvalue weighted by Gasteiger charge is 2.66. The fraction of sp³-hybridized carbons (Fsp3) is 0.455. The van der Waals surface area contributed by atoms with E-state index in [4.69, 9.17) is 38.0 Å². The van der Waals surface area contributed by atoms with Crippen LogP contribution in [-0.2, 0) is 67.1 Å². The van der Waals surface area contributed by atoms with Gasteiger partial charge < -0.3 is 38.0 Å². The second-order valence-electron chi connectivity index (χ2n) is 14.0. The maximum atomic E-state index is 9.17. The molecule has 2 N–H and O–H groups in total. The summed E-state index contributed by atoms with van der Waals surface area (Å²) in [5.74, 6) is 0. The highest BCUT2D eigenvalue weighted by molar-refractivity contribution is 8.07. The van der Waals surface area contributed by atoms with Crippen LogP contribution < -0.4 is 0 Å². The van der Waals surface area contributed by atoms with Gasteiger partial charge >= 0.3 is 28.0 Å². The Kier molecular flexibility index (Phi) is 13.0. The quantitative estimate of drug-likeness (QED) is 0.336. The molecule has 3 heterocycles. The van der Waals surface area contributed by atoms with Crippen molar-refractivity contribution in [3.8, 4) is 0 Å². The van der Waals surface area contributed by atoms with E-state index in [-0.39, 0.29) is 13.5 Å². The van der Waals surface area contributed by atoms with Gasteiger partial charge in [0.05, 0.1) is 16.8 Å². The van der Waals surface area contributed by atoms with Gasteiger partial charge in [-0.05, 0) is 79.0 Å². The minimum Gasteiger partial charge on any atom is -0.429 e. The van der Waals surface area contributed by atoms with Crippen LogP contribution >= 0.6 is 13.5 Å². The van der Waals surface area contributed by atoms with E-state index in [9.17, 15) is 0 Å². The summed E-state index contributed by atoms with van der Waals surface area (Å²) in [6.07, 6.45) is 0. The maximum Gasteiger partial charge on any atom is 0.489 e. The first-order valence-corrected chi connectivity index (χ1v) is 17.1. The molecule has 0 amide bonds. The largest absolute Gasteiger partial charge is 0.489 e. The van der Waals surface area contributed by atoms with Crippen LogP contribution in [0.5, 0.6) is 0 Å². The fourth-order valence-corrected chi connectivity index (χ4v) is 6.26. The molecule has 15 heteroatoms. The van der Waals surface area contributed by atoms with Crippen molar-refractivity contribution < 1.29 is 38.0 Å².